The minimum absolute atomic E-state index is 0.112. The first-order chi connectivity index (χ1) is 9.80. The van der Waals surface area contributed by atoms with E-state index in [4.69, 9.17) is 4.74 Å². The number of hydrogen-bond acceptors (Lipinski definition) is 3. The van der Waals surface area contributed by atoms with Crippen LogP contribution in [0.1, 0.15) is 57.3 Å². The fraction of sp³-hybridized carbons (Fsp3) is 0.611. The number of para-hydroxylation sites is 1. The molecular weight excluding hydrogens is 262 g/mol. The summed E-state index contributed by atoms with van der Waals surface area (Å²) in [5.74, 6) is 0.268. The van der Waals surface area contributed by atoms with E-state index in [1.54, 1.807) is 0 Å². The zero-order chi connectivity index (χ0) is 15.3. The molecule has 0 aliphatic carbocycles. The van der Waals surface area contributed by atoms with Crippen LogP contribution in [-0.4, -0.2) is 29.6 Å². The molecule has 1 fully saturated rings. The molecule has 2 aliphatic rings. The second-order valence-corrected chi connectivity index (χ2v) is 7.42. The molecule has 1 atom stereocenters. The van der Waals surface area contributed by atoms with Crippen LogP contribution in [0.15, 0.2) is 24.3 Å². The van der Waals surface area contributed by atoms with Crippen LogP contribution in [0.5, 0.6) is 0 Å². The van der Waals surface area contributed by atoms with Crippen molar-refractivity contribution < 1.29 is 9.53 Å². The molecule has 0 radical (unpaired) electrons. The summed E-state index contributed by atoms with van der Waals surface area (Å²) in [5.41, 5.74) is 1.64. The standard InChI is InChI=1S/C18H25NO2/c1-17(2)12-16(18(3,4)21-17)19-11-7-10-15(20)13-8-5-6-9-14(13)19/h5-6,8-9,16H,7,10-12H2,1-4H3. The first-order valence-electron chi connectivity index (χ1n) is 7.89. The van der Waals surface area contributed by atoms with Crippen LogP contribution in [0.4, 0.5) is 5.69 Å². The first kappa shape index (κ1) is 14.6. The lowest BCUT2D eigenvalue weighted by Crippen LogP contribution is -2.47. The Morgan fingerprint density at radius 1 is 1.19 bits per heavy atom. The Morgan fingerprint density at radius 3 is 2.57 bits per heavy atom. The first-order valence-corrected chi connectivity index (χ1v) is 7.89. The van der Waals surface area contributed by atoms with Crippen molar-refractivity contribution in [3.05, 3.63) is 29.8 Å². The maximum atomic E-state index is 12.3. The molecular formula is C18H25NO2. The molecule has 0 aromatic heterocycles. The van der Waals surface area contributed by atoms with Crippen molar-refractivity contribution in [3.8, 4) is 0 Å². The van der Waals surface area contributed by atoms with Crippen molar-refractivity contribution >= 4 is 11.5 Å². The Morgan fingerprint density at radius 2 is 1.90 bits per heavy atom. The molecule has 1 aromatic carbocycles. The Bertz CT molecular complexity index is 562. The highest BCUT2D eigenvalue weighted by Gasteiger charge is 2.49. The lowest BCUT2D eigenvalue weighted by Gasteiger charge is -2.38. The summed E-state index contributed by atoms with van der Waals surface area (Å²) in [6, 6.07) is 8.34. The zero-order valence-electron chi connectivity index (χ0n) is 13.5. The molecule has 1 aromatic rings. The Labute approximate surface area is 127 Å². The van der Waals surface area contributed by atoms with E-state index in [9.17, 15) is 4.79 Å². The average Bonchev–Trinajstić information content (AvgIpc) is 2.53. The van der Waals surface area contributed by atoms with E-state index in [2.05, 4.69) is 38.7 Å². The summed E-state index contributed by atoms with van der Waals surface area (Å²) in [4.78, 5) is 14.7. The summed E-state index contributed by atoms with van der Waals surface area (Å²) >= 11 is 0. The van der Waals surface area contributed by atoms with E-state index in [1.807, 2.05) is 18.2 Å². The zero-order valence-corrected chi connectivity index (χ0v) is 13.5. The molecule has 1 unspecified atom stereocenters. The lowest BCUT2D eigenvalue weighted by molar-refractivity contribution is -0.0679. The van der Waals surface area contributed by atoms with E-state index >= 15 is 0 Å². The predicted molar refractivity (Wildman–Crippen MR) is 85.0 cm³/mol. The van der Waals surface area contributed by atoms with Crippen LogP contribution >= 0.6 is 0 Å². The van der Waals surface area contributed by atoms with Crippen molar-refractivity contribution in [2.24, 2.45) is 0 Å². The van der Waals surface area contributed by atoms with Gasteiger partial charge in [-0.05, 0) is 52.7 Å². The maximum Gasteiger partial charge on any atom is 0.165 e. The average molecular weight is 287 g/mol. The van der Waals surface area contributed by atoms with E-state index in [0.29, 0.717) is 12.5 Å². The lowest BCUT2D eigenvalue weighted by atomic mass is 9.92. The second kappa shape index (κ2) is 4.84. The van der Waals surface area contributed by atoms with Crippen LogP contribution in [0, 0.1) is 0 Å². The molecule has 0 spiro atoms. The highest BCUT2D eigenvalue weighted by Crippen LogP contribution is 2.43. The summed E-state index contributed by atoms with van der Waals surface area (Å²) < 4.78 is 6.26. The molecule has 21 heavy (non-hydrogen) atoms. The van der Waals surface area contributed by atoms with Gasteiger partial charge in [0.05, 0.1) is 17.2 Å². The van der Waals surface area contributed by atoms with Crippen LogP contribution in [0.3, 0.4) is 0 Å². The number of rotatable bonds is 1. The largest absolute Gasteiger partial charge is 0.367 e. The SMILES string of the molecule is CC1(C)CC(N2CCCC(=O)c3ccccc32)C(C)(C)O1. The molecule has 114 valence electrons. The minimum atomic E-state index is -0.204. The molecule has 0 saturated carbocycles. The van der Waals surface area contributed by atoms with Gasteiger partial charge in [0.2, 0.25) is 0 Å². The quantitative estimate of drug-likeness (QED) is 0.786. The Hall–Kier alpha value is -1.35. The molecule has 0 amide bonds. The van der Waals surface area contributed by atoms with Crippen molar-refractivity contribution in [2.75, 3.05) is 11.4 Å². The number of benzene rings is 1. The maximum absolute atomic E-state index is 12.3. The topological polar surface area (TPSA) is 29.5 Å². The number of ether oxygens (including phenoxy) is 1. The van der Waals surface area contributed by atoms with E-state index < -0.39 is 0 Å². The van der Waals surface area contributed by atoms with Gasteiger partial charge in [-0.1, -0.05) is 12.1 Å². The summed E-state index contributed by atoms with van der Waals surface area (Å²) in [6.45, 7) is 9.58. The number of ketones is 1. The summed E-state index contributed by atoms with van der Waals surface area (Å²) in [7, 11) is 0. The predicted octanol–water partition coefficient (Wildman–Crippen LogP) is 3.82. The molecule has 3 rings (SSSR count). The van der Waals surface area contributed by atoms with E-state index in [-0.39, 0.29) is 17.0 Å². The molecule has 0 bridgehead atoms. The normalized spacial score (nSPS) is 27.3. The third-order valence-corrected chi connectivity index (χ3v) is 4.72. The van der Waals surface area contributed by atoms with Crippen molar-refractivity contribution in [1.82, 2.24) is 0 Å². The fourth-order valence-corrected chi connectivity index (χ4v) is 3.97. The summed E-state index contributed by atoms with van der Waals surface area (Å²) in [5, 5.41) is 0. The van der Waals surface area contributed by atoms with Gasteiger partial charge in [0.15, 0.2) is 5.78 Å². The van der Waals surface area contributed by atoms with Gasteiger partial charge < -0.3 is 9.64 Å². The number of anilines is 1. The van der Waals surface area contributed by atoms with Crippen LogP contribution < -0.4 is 4.90 Å². The molecule has 0 N–H and O–H groups in total. The minimum Gasteiger partial charge on any atom is -0.367 e. The van der Waals surface area contributed by atoms with Gasteiger partial charge in [0.1, 0.15) is 0 Å². The van der Waals surface area contributed by atoms with Gasteiger partial charge in [0.25, 0.3) is 0 Å². The van der Waals surface area contributed by atoms with Gasteiger partial charge in [-0.25, -0.2) is 0 Å². The third-order valence-electron chi connectivity index (χ3n) is 4.72. The van der Waals surface area contributed by atoms with E-state index in [1.165, 1.54) is 0 Å². The van der Waals surface area contributed by atoms with E-state index in [0.717, 1.165) is 30.6 Å². The number of carbonyl (C=O) groups is 1. The van der Waals surface area contributed by atoms with Crippen molar-refractivity contribution in [3.63, 3.8) is 0 Å². The van der Waals surface area contributed by atoms with Gasteiger partial charge in [-0.3, -0.25) is 4.79 Å². The second-order valence-electron chi connectivity index (χ2n) is 7.42. The van der Waals surface area contributed by atoms with Gasteiger partial charge in [-0.15, -0.1) is 0 Å². The number of Topliss-reactive ketones (excluding diaryl/α,β-unsaturated/α-hetero) is 1. The Balaban J connectivity index is 2.02. The molecule has 3 nitrogen and oxygen atoms in total. The van der Waals surface area contributed by atoms with Crippen LogP contribution in [0.2, 0.25) is 0 Å². The van der Waals surface area contributed by atoms with Gasteiger partial charge in [-0.2, -0.15) is 0 Å². The Kier molecular flexibility index (Phi) is 3.36. The monoisotopic (exact) mass is 287 g/mol. The van der Waals surface area contributed by atoms with Gasteiger partial charge >= 0.3 is 0 Å². The van der Waals surface area contributed by atoms with Crippen LogP contribution in [0.25, 0.3) is 0 Å². The number of nitrogens with zero attached hydrogens (tertiary/aromatic N) is 1. The summed E-state index contributed by atoms with van der Waals surface area (Å²) in [6.07, 6.45) is 2.55. The molecule has 2 aliphatic heterocycles. The number of hydrogen-bond donors (Lipinski definition) is 0. The van der Waals surface area contributed by atoms with Crippen molar-refractivity contribution in [2.45, 2.75) is 64.2 Å². The van der Waals surface area contributed by atoms with Gasteiger partial charge in [0, 0.05) is 24.2 Å². The highest BCUT2D eigenvalue weighted by molar-refractivity contribution is 6.02. The third kappa shape index (κ3) is 2.59. The molecule has 1 saturated heterocycles. The smallest absolute Gasteiger partial charge is 0.165 e. The molecule has 3 heteroatoms. The highest BCUT2D eigenvalue weighted by atomic mass is 16.5. The number of fused-ring (bicyclic) bond motifs is 1. The molecule has 2 heterocycles. The number of carbonyl (C=O) groups excluding carboxylic acids is 1. The van der Waals surface area contributed by atoms with Crippen molar-refractivity contribution in [1.29, 1.82) is 0 Å². The fourth-order valence-electron chi connectivity index (χ4n) is 3.97. The van der Waals surface area contributed by atoms with Crippen LogP contribution in [-0.2, 0) is 4.74 Å².